The highest BCUT2D eigenvalue weighted by Crippen LogP contribution is 2.18. The molecule has 0 aliphatic rings. The van der Waals surface area contributed by atoms with E-state index in [9.17, 15) is 8.42 Å². The van der Waals surface area contributed by atoms with Gasteiger partial charge in [0.25, 0.3) is 0 Å². The van der Waals surface area contributed by atoms with Crippen molar-refractivity contribution in [3.05, 3.63) is 24.0 Å². The van der Waals surface area contributed by atoms with Crippen LogP contribution in [0.2, 0.25) is 0 Å². The summed E-state index contributed by atoms with van der Waals surface area (Å²) in [6.45, 7) is 6.07. The monoisotopic (exact) mass is 272 g/mol. The average molecular weight is 272 g/mol. The maximum Gasteiger partial charge on any atom is 0.209 e. The summed E-state index contributed by atoms with van der Waals surface area (Å²) in [5.41, 5.74) is 0.788. The van der Waals surface area contributed by atoms with Gasteiger partial charge in [0.1, 0.15) is 5.75 Å². The first kappa shape index (κ1) is 14.9. The van der Waals surface area contributed by atoms with Crippen LogP contribution in [0, 0.1) is 18.8 Å². The second-order valence-electron chi connectivity index (χ2n) is 4.73. The van der Waals surface area contributed by atoms with Gasteiger partial charge < -0.3 is 4.74 Å². The summed E-state index contributed by atoms with van der Waals surface area (Å²) in [6.07, 6.45) is 1.69. The molecule has 1 aromatic rings. The van der Waals surface area contributed by atoms with E-state index >= 15 is 0 Å². The zero-order valence-electron chi connectivity index (χ0n) is 11.0. The average Bonchev–Trinajstić information content (AvgIpc) is 2.24. The first-order chi connectivity index (χ1) is 8.29. The van der Waals surface area contributed by atoms with Gasteiger partial charge in [-0.05, 0) is 25.0 Å². The molecular weight excluding hydrogens is 252 g/mol. The molecule has 1 aromatic heterocycles. The summed E-state index contributed by atoms with van der Waals surface area (Å²) in [7, 11) is -3.48. The predicted octanol–water partition coefficient (Wildman–Crippen LogP) is 1.33. The van der Waals surface area contributed by atoms with E-state index in [1.807, 2.05) is 26.8 Å². The Morgan fingerprint density at radius 2 is 2.11 bits per heavy atom. The molecule has 1 unspecified atom stereocenters. The molecular formula is C12H20N2O3S. The number of hydrogen-bond acceptors (Lipinski definition) is 4. The molecule has 0 aliphatic carbocycles. The van der Waals surface area contributed by atoms with E-state index in [2.05, 4.69) is 4.98 Å². The Hall–Kier alpha value is -1.14. The number of primary sulfonamides is 1. The minimum Gasteiger partial charge on any atom is -0.491 e. The third kappa shape index (κ3) is 5.01. The summed E-state index contributed by atoms with van der Waals surface area (Å²) in [4.78, 5) is 4.11. The number of ether oxygens (including phenoxy) is 1. The van der Waals surface area contributed by atoms with Crippen LogP contribution in [0.15, 0.2) is 18.3 Å². The van der Waals surface area contributed by atoms with Gasteiger partial charge in [0.05, 0.1) is 18.1 Å². The van der Waals surface area contributed by atoms with Crippen LogP contribution in [0.4, 0.5) is 0 Å². The van der Waals surface area contributed by atoms with E-state index < -0.39 is 10.0 Å². The molecule has 0 saturated heterocycles. The second kappa shape index (κ2) is 6.15. The number of hydrogen-bond donors (Lipinski definition) is 1. The number of sulfonamides is 1. The first-order valence-corrected chi connectivity index (χ1v) is 7.56. The quantitative estimate of drug-likeness (QED) is 0.847. The molecule has 0 radical (unpaired) electrons. The molecule has 1 atom stereocenters. The molecule has 5 nitrogen and oxygen atoms in total. The van der Waals surface area contributed by atoms with Gasteiger partial charge in [-0.3, -0.25) is 4.98 Å². The van der Waals surface area contributed by atoms with Crippen LogP contribution in [0.1, 0.15) is 19.5 Å². The lowest BCUT2D eigenvalue weighted by Gasteiger charge is -2.20. The SMILES string of the molecule is Cc1ncccc1OCC(CS(N)(=O)=O)C(C)C. The number of aryl methyl sites for hydroxylation is 1. The van der Waals surface area contributed by atoms with E-state index in [1.54, 1.807) is 12.3 Å². The van der Waals surface area contributed by atoms with Crippen LogP contribution < -0.4 is 9.88 Å². The summed E-state index contributed by atoms with van der Waals surface area (Å²) in [6, 6.07) is 3.60. The van der Waals surface area contributed by atoms with Crippen molar-refractivity contribution >= 4 is 10.0 Å². The number of rotatable bonds is 6. The highest BCUT2D eigenvalue weighted by atomic mass is 32.2. The summed E-state index contributed by atoms with van der Waals surface area (Å²) in [5.74, 6) is 0.668. The Bertz CT molecular complexity index is 486. The fourth-order valence-corrected chi connectivity index (χ4v) is 2.63. The normalized spacial score (nSPS) is 13.6. The molecule has 0 bridgehead atoms. The third-order valence-corrected chi connectivity index (χ3v) is 3.69. The first-order valence-electron chi connectivity index (χ1n) is 5.84. The predicted molar refractivity (Wildman–Crippen MR) is 70.8 cm³/mol. The van der Waals surface area contributed by atoms with Crippen molar-refractivity contribution in [2.24, 2.45) is 17.0 Å². The van der Waals surface area contributed by atoms with Crippen molar-refractivity contribution in [3.63, 3.8) is 0 Å². The van der Waals surface area contributed by atoms with E-state index in [0.717, 1.165) is 5.69 Å². The maximum atomic E-state index is 11.1. The number of nitrogens with two attached hydrogens (primary N) is 1. The van der Waals surface area contributed by atoms with Gasteiger partial charge in [-0.25, -0.2) is 13.6 Å². The van der Waals surface area contributed by atoms with Gasteiger partial charge in [-0.1, -0.05) is 13.8 Å². The minimum absolute atomic E-state index is 0.0655. The van der Waals surface area contributed by atoms with Crippen LogP contribution in [-0.2, 0) is 10.0 Å². The Morgan fingerprint density at radius 1 is 1.44 bits per heavy atom. The molecule has 0 fully saturated rings. The van der Waals surface area contributed by atoms with Crippen LogP contribution in [0.5, 0.6) is 5.75 Å². The number of nitrogens with zero attached hydrogens (tertiary/aromatic N) is 1. The van der Waals surface area contributed by atoms with E-state index in [4.69, 9.17) is 9.88 Å². The Kier molecular flexibility index (Phi) is 5.10. The van der Waals surface area contributed by atoms with Crippen molar-refractivity contribution < 1.29 is 13.2 Å². The van der Waals surface area contributed by atoms with Crippen LogP contribution in [0.25, 0.3) is 0 Å². The van der Waals surface area contributed by atoms with Gasteiger partial charge in [0, 0.05) is 12.1 Å². The topological polar surface area (TPSA) is 82.3 Å². The van der Waals surface area contributed by atoms with Gasteiger partial charge in [-0.15, -0.1) is 0 Å². The van der Waals surface area contributed by atoms with Crippen molar-refractivity contribution in [2.45, 2.75) is 20.8 Å². The lowest BCUT2D eigenvalue weighted by atomic mass is 9.99. The molecule has 0 amide bonds. The third-order valence-electron chi connectivity index (χ3n) is 2.80. The second-order valence-corrected chi connectivity index (χ2v) is 6.39. The van der Waals surface area contributed by atoms with Crippen molar-refractivity contribution in [2.75, 3.05) is 12.4 Å². The van der Waals surface area contributed by atoms with E-state index in [0.29, 0.717) is 12.4 Å². The fourth-order valence-electron chi connectivity index (χ4n) is 1.55. The van der Waals surface area contributed by atoms with Crippen molar-refractivity contribution in [1.29, 1.82) is 0 Å². The maximum absolute atomic E-state index is 11.1. The molecule has 0 aromatic carbocycles. The standard InChI is InChI=1S/C12H20N2O3S/c1-9(2)11(8-18(13,15)16)7-17-12-5-4-6-14-10(12)3/h4-6,9,11H,7-8H2,1-3H3,(H2,13,15,16). The van der Waals surface area contributed by atoms with Gasteiger partial charge in [-0.2, -0.15) is 0 Å². The summed E-state index contributed by atoms with van der Waals surface area (Å²) < 4.78 is 27.9. The van der Waals surface area contributed by atoms with Crippen LogP contribution in [0.3, 0.4) is 0 Å². The van der Waals surface area contributed by atoms with Crippen molar-refractivity contribution in [1.82, 2.24) is 4.98 Å². The Labute approximate surface area is 108 Å². The van der Waals surface area contributed by atoms with E-state index in [1.165, 1.54) is 0 Å². The number of pyridine rings is 1. The molecule has 0 spiro atoms. The molecule has 6 heteroatoms. The fraction of sp³-hybridized carbons (Fsp3) is 0.583. The molecule has 18 heavy (non-hydrogen) atoms. The highest BCUT2D eigenvalue weighted by molar-refractivity contribution is 7.89. The van der Waals surface area contributed by atoms with Gasteiger partial charge in [0.2, 0.25) is 10.0 Å². The summed E-state index contributed by atoms with van der Waals surface area (Å²) >= 11 is 0. The lowest BCUT2D eigenvalue weighted by molar-refractivity contribution is 0.223. The molecule has 102 valence electrons. The summed E-state index contributed by atoms with van der Waals surface area (Å²) in [5, 5.41) is 5.08. The zero-order valence-corrected chi connectivity index (χ0v) is 11.8. The number of aromatic nitrogens is 1. The molecule has 2 N–H and O–H groups in total. The van der Waals surface area contributed by atoms with Gasteiger partial charge in [0.15, 0.2) is 0 Å². The zero-order chi connectivity index (χ0) is 13.8. The molecule has 0 saturated carbocycles. The lowest BCUT2D eigenvalue weighted by Crippen LogP contribution is -2.30. The van der Waals surface area contributed by atoms with Crippen LogP contribution >= 0.6 is 0 Å². The smallest absolute Gasteiger partial charge is 0.209 e. The minimum atomic E-state index is -3.48. The van der Waals surface area contributed by atoms with Crippen LogP contribution in [-0.4, -0.2) is 25.8 Å². The molecule has 0 aliphatic heterocycles. The van der Waals surface area contributed by atoms with Gasteiger partial charge >= 0.3 is 0 Å². The van der Waals surface area contributed by atoms with E-state index in [-0.39, 0.29) is 17.6 Å². The largest absolute Gasteiger partial charge is 0.491 e. The highest BCUT2D eigenvalue weighted by Gasteiger charge is 2.20. The molecule has 1 rings (SSSR count). The van der Waals surface area contributed by atoms with Crippen molar-refractivity contribution in [3.8, 4) is 5.75 Å². The molecule has 1 heterocycles. The Balaban J connectivity index is 2.66. The Morgan fingerprint density at radius 3 is 2.61 bits per heavy atom.